The van der Waals surface area contributed by atoms with E-state index in [9.17, 15) is 23.1 Å². The van der Waals surface area contributed by atoms with Crippen LogP contribution in [0.25, 0.3) is 22.3 Å². The van der Waals surface area contributed by atoms with Crippen LogP contribution in [0, 0.1) is 6.92 Å². The first kappa shape index (κ1) is 19.2. The molecule has 1 aliphatic heterocycles. The Balaban J connectivity index is 1.73. The number of phenolic OH excluding ortho intramolecular Hbond substituents is 1. The number of amides is 1. The summed E-state index contributed by atoms with van der Waals surface area (Å²) < 4.78 is 40.6. The molecule has 9 heteroatoms. The SMILES string of the molecule is Cc1cc(C(F)(F)F)cc(O)c1-c1ccc2cn(C3CCC(=O)N[C@@H]3C)nc2n1. The van der Waals surface area contributed by atoms with Crippen molar-refractivity contribution in [3.63, 3.8) is 0 Å². The van der Waals surface area contributed by atoms with Crippen LogP contribution < -0.4 is 5.32 Å². The number of rotatable bonds is 2. The molecule has 1 saturated heterocycles. The maximum atomic E-state index is 13.0. The molecular formula is C20H19F3N4O2. The monoisotopic (exact) mass is 404 g/mol. The van der Waals surface area contributed by atoms with Gasteiger partial charge in [-0.15, -0.1) is 0 Å². The van der Waals surface area contributed by atoms with E-state index in [1.54, 1.807) is 16.8 Å². The Hall–Kier alpha value is -3.10. The Morgan fingerprint density at radius 1 is 1.28 bits per heavy atom. The van der Waals surface area contributed by atoms with Gasteiger partial charge in [0.25, 0.3) is 0 Å². The van der Waals surface area contributed by atoms with E-state index in [0.717, 1.165) is 11.5 Å². The maximum absolute atomic E-state index is 13.0. The minimum absolute atomic E-state index is 0.00782. The normalized spacial score (nSPS) is 20.1. The lowest BCUT2D eigenvalue weighted by molar-refractivity contribution is -0.137. The number of fused-ring (bicyclic) bond motifs is 1. The van der Waals surface area contributed by atoms with Gasteiger partial charge in [0.15, 0.2) is 5.65 Å². The lowest BCUT2D eigenvalue weighted by Gasteiger charge is -2.29. The van der Waals surface area contributed by atoms with Crippen LogP contribution in [0.5, 0.6) is 5.75 Å². The highest BCUT2D eigenvalue weighted by molar-refractivity contribution is 5.81. The van der Waals surface area contributed by atoms with Crippen molar-refractivity contribution < 1.29 is 23.1 Å². The lowest BCUT2D eigenvalue weighted by Crippen LogP contribution is -2.43. The number of halogens is 3. The summed E-state index contributed by atoms with van der Waals surface area (Å²) >= 11 is 0. The third-order valence-electron chi connectivity index (χ3n) is 5.26. The van der Waals surface area contributed by atoms with E-state index >= 15 is 0 Å². The summed E-state index contributed by atoms with van der Waals surface area (Å²) in [4.78, 5) is 16.0. The molecule has 29 heavy (non-hydrogen) atoms. The molecule has 2 N–H and O–H groups in total. The van der Waals surface area contributed by atoms with Crippen LogP contribution in [0.4, 0.5) is 13.2 Å². The Morgan fingerprint density at radius 3 is 2.69 bits per heavy atom. The minimum Gasteiger partial charge on any atom is -0.507 e. The fourth-order valence-corrected chi connectivity index (χ4v) is 3.81. The number of nitrogens with zero attached hydrogens (tertiary/aromatic N) is 3. The molecule has 0 spiro atoms. The van der Waals surface area contributed by atoms with Crippen LogP contribution in [0.15, 0.2) is 30.5 Å². The van der Waals surface area contributed by atoms with Gasteiger partial charge in [0.05, 0.1) is 17.3 Å². The molecule has 1 fully saturated rings. The summed E-state index contributed by atoms with van der Waals surface area (Å²) in [6.45, 7) is 3.41. The molecule has 152 valence electrons. The zero-order valence-corrected chi connectivity index (χ0v) is 15.8. The molecule has 1 unspecified atom stereocenters. The Bertz CT molecular complexity index is 1080. The van der Waals surface area contributed by atoms with Crippen molar-refractivity contribution >= 4 is 16.9 Å². The van der Waals surface area contributed by atoms with Gasteiger partial charge in [0.1, 0.15) is 5.75 Å². The smallest absolute Gasteiger partial charge is 0.416 e. The van der Waals surface area contributed by atoms with Gasteiger partial charge in [-0.2, -0.15) is 18.3 Å². The average molecular weight is 404 g/mol. The summed E-state index contributed by atoms with van der Waals surface area (Å²) in [7, 11) is 0. The van der Waals surface area contributed by atoms with Crippen molar-refractivity contribution in [2.45, 2.75) is 44.9 Å². The second-order valence-corrected chi connectivity index (χ2v) is 7.37. The third kappa shape index (κ3) is 3.52. The fraction of sp³-hybridized carbons (Fsp3) is 0.350. The predicted molar refractivity (Wildman–Crippen MR) is 100 cm³/mol. The zero-order valence-electron chi connectivity index (χ0n) is 15.8. The van der Waals surface area contributed by atoms with Gasteiger partial charge in [-0.3, -0.25) is 9.48 Å². The van der Waals surface area contributed by atoms with Crippen molar-refractivity contribution in [2.75, 3.05) is 0 Å². The van der Waals surface area contributed by atoms with E-state index in [-0.39, 0.29) is 29.1 Å². The molecule has 0 saturated carbocycles. The highest BCUT2D eigenvalue weighted by Crippen LogP contribution is 2.38. The summed E-state index contributed by atoms with van der Waals surface area (Å²) in [6, 6.07) is 5.03. The first-order valence-corrected chi connectivity index (χ1v) is 9.20. The number of benzene rings is 1. The van der Waals surface area contributed by atoms with Gasteiger partial charge in [-0.05, 0) is 50.1 Å². The molecule has 0 aliphatic carbocycles. The minimum atomic E-state index is -4.54. The summed E-state index contributed by atoms with van der Waals surface area (Å²) in [6.07, 6.45) is -1.62. The molecule has 0 radical (unpaired) electrons. The van der Waals surface area contributed by atoms with Crippen molar-refractivity contribution in [2.24, 2.45) is 0 Å². The van der Waals surface area contributed by atoms with Gasteiger partial charge < -0.3 is 10.4 Å². The van der Waals surface area contributed by atoms with Crippen LogP contribution >= 0.6 is 0 Å². The number of alkyl halides is 3. The van der Waals surface area contributed by atoms with Crippen LogP contribution in [-0.2, 0) is 11.0 Å². The Morgan fingerprint density at radius 2 is 2.03 bits per heavy atom. The Kier molecular flexibility index (Phi) is 4.48. The maximum Gasteiger partial charge on any atom is 0.416 e. The predicted octanol–water partition coefficient (Wildman–Crippen LogP) is 3.97. The molecule has 0 bridgehead atoms. The number of aromatic nitrogens is 3. The van der Waals surface area contributed by atoms with Crippen LogP contribution in [0.3, 0.4) is 0 Å². The first-order chi connectivity index (χ1) is 13.6. The number of hydrogen-bond donors (Lipinski definition) is 2. The van der Waals surface area contributed by atoms with E-state index in [1.165, 1.54) is 6.92 Å². The number of aryl methyl sites for hydroxylation is 1. The standard InChI is InChI=1S/C20H19F3N4O2/c1-10-7-13(20(21,22)23)8-16(28)18(10)14-4-3-12-9-27(26-19(12)25-14)15-5-6-17(29)24-11(15)2/h3-4,7-9,11,15,28H,5-6H2,1-2H3,(H,24,29)/t11-,15?/m1/s1. The van der Waals surface area contributed by atoms with E-state index in [0.29, 0.717) is 30.2 Å². The van der Waals surface area contributed by atoms with Crippen LogP contribution in [-0.4, -0.2) is 31.8 Å². The topological polar surface area (TPSA) is 80.0 Å². The number of phenols is 1. The molecule has 4 rings (SSSR count). The van der Waals surface area contributed by atoms with E-state index < -0.39 is 17.5 Å². The van der Waals surface area contributed by atoms with Gasteiger partial charge in [0.2, 0.25) is 5.91 Å². The van der Waals surface area contributed by atoms with E-state index in [2.05, 4.69) is 15.4 Å². The van der Waals surface area contributed by atoms with Crippen LogP contribution in [0.1, 0.15) is 36.9 Å². The van der Waals surface area contributed by atoms with Crippen molar-refractivity contribution in [3.8, 4) is 17.0 Å². The van der Waals surface area contributed by atoms with Crippen molar-refractivity contribution in [3.05, 3.63) is 41.6 Å². The quantitative estimate of drug-likeness (QED) is 0.677. The highest BCUT2D eigenvalue weighted by Gasteiger charge is 2.32. The highest BCUT2D eigenvalue weighted by atomic mass is 19.4. The molecule has 1 amide bonds. The van der Waals surface area contributed by atoms with E-state index in [4.69, 9.17) is 0 Å². The van der Waals surface area contributed by atoms with Crippen LogP contribution in [0.2, 0.25) is 0 Å². The molecule has 1 aliphatic rings. The fourth-order valence-electron chi connectivity index (χ4n) is 3.81. The Labute approximate surface area is 164 Å². The zero-order chi connectivity index (χ0) is 20.9. The first-order valence-electron chi connectivity index (χ1n) is 9.20. The number of aromatic hydroxyl groups is 1. The summed E-state index contributed by atoms with van der Waals surface area (Å²) in [5.41, 5.74) is 0.372. The van der Waals surface area contributed by atoms with Gasteiger partial charge in [0, 0.05) is 29.6 Å². The van der Waals surface area contributed by atoms with Gasteiger partial charge >= 0.3 is 6.18 Å². The third-order valence-corrected chi connectivity index (χ3v) is 5.26. The van der Waals surface area contributed by atoms with Gasteiger partial charge in [-0.25, -0.2) is 4.98 Å². The number of pyridine rings is 1. The molecule has 1 aromatic carbocycles. The second kappa shape index (κ2) is 6.75. The molecule has 2 atom stereocenters. The molecule has 2 aromatic heterocycles. The van der Waals surface area contributed by atoms with Gasteiger partial charge in [-0.1, -0.05) is 0 Å². The number of carbonyl (C=O) groups excluding carboxylic acids is 1. The van der Waals surface area contributed by atoms with E-state index in [1.807, 2.05) is 13.1 Å². The molecule has 6 nitrogen and oxygen atoms in total. The number of carbonyl (C=O) groups is 1. The largest absolute Gasteiger partial charge is 0.507 e. The van der Waals surface area contributed by atoms with Crippen molar-refractivity contribution in [1.29, 1.82) is 0 Å². The average Bonchev–Trinajstić information content (AvgIpc) is 3.03. The molecule has 3 aromatic rings. The summed E-state index contributed by atoms with van der Waals surface area (Å²) in [5.74, 6) is -0.466. The van der Waals surface area contributed by atoms with Crippen molar-refractivity contribution in [1.82, 2.24) is 20.1 Å². The summed E-state index contributed by atoms with van der Waals surface area (Å²) in [5, 5.41) is 18.4. The molecule has 3 heterocycles. The number of hydrogen-bond acceptors (Lipinski definition) is 4. The molecular weight excluding hydrogens is 385 g/mol. The number of nitrogens with one attached hydrogen (secondary N) is 1. The number of piperidine rings is 1. The second-order valence-electron chi connectivity index (χ2n) is 7.37. The lowest BCUT2D eigenvalue weighted by atomic mass is 9.99.